The second-order valence-electron chi connectivity index (χ2n) is 7.61. The molecule has 0 saturated carbocycles. The molecule has 0 unspecified atom stereocenters. The molecule has 1 aromatic carbocycles. The minimum absolute atomic E-state index is 0.0182. The van der Waals surface area contributed by atoms with Crippen molar-refractivity contribution >= 4 is 32.8 Å². The van der Waals surface area contributed by atoms with Crippen LogP contribution in [0, 0.1) is 0 Å². The number of sulfone groups is 1. The smallest absolute Gasteiger partial charge is 0.260 e. The van der Waals surface area contributed by atoms with Gasteiger partial charge < -0.3 is 0 Å². The number of rotatable bonds is 5. The number of hydrogen-bond acceptors (Lipinski definition) is 5. The van der Waals surface area contributed by atoms with Crippen LogP contribution in [0.1, 0.15) is 25.1 Å². The number of nitrogens with zero attached hydrogens (tertiary/aromatic N) is 2. The molecule has 0 radical (unpaired) electrons. The normalized spacial score (nSPS) is 13.4. The van der Waals surface area contributed by atoms with Gasteiger partial charge in [0.1, 0.15) is 10.4 Å². The molecule has 0 aliphatic heterocycles. The number of benzene rings is 1. The molecule has 0 bridgehead atoms. The Kier molecular flexibility index (Phi) is 6.59. The highest BCUT2D eigenvalue weighted by atomic mass is 35.5. The molecule has 4 nitrogen and oxygen atoms in total. The number of pyridine rings is 1. The van der Waals surface area contributed by atoms with Gasteiger partial charge in [0.05, 0.1) is 22.2 Å². The van der Waals surface area contributed by atoms with Crippen LogP contribution in [0.5, 0.6) is 0 Å². The molecule has 2 aromatic heterocycles. The molecule has 0 N–H and O–H groups in total. The summed E-state index contributed by atoms with van der Waals surface area (Å²) in [6, 6.07) is 6.44. The van der Waals surface area contributed by atoms with E-state index in [0.717, 1.165) is 31.3 Å². The Morgan fingerprint density at radius 3 is 2.27 bits per heavy atom. The van der Waals surface area contributed by atoms with Gasteiger partial charge in [-0.25, -0.2) is 13.4 Å². The fourth-order valence-electron chi connectivity index (χ4n) is 2.74. The van der Waals surface area contributed by atoms with Crippen LogP contribution in [0.4, 0.5) is 26.3 Å². The molecule has 0 spiro atoms. The number of alkyl halides is 6. The quantitative estimate of drug-likeness (QED) is 0.342. The van der Waals surface area contributed by atoms with Crippen LogP contribution in [0.3, 0.4) is 0 Å². The fraction of sp³-hybridized carbons (Fsp3) is 0.300. The Morgan fingerprint density at radius 2 is 1.70 bits per heavy atom. The third-order valence-corrected chi connectivity index (χ3v) is 7.50. The summed E-state index contributed by atoms with van der Waals surface area (Å²) < 4.78 is 101. The van der Waals surface area contributed by atoms with Crippen molar-refractivity contribution in [3.05, 3.63) is 58.2 Å². The molecule has 0 fully saturated rings. The standard InChI is InChI=1S/C20H15ClF6N2O2S2/c1-18(2,19(22,23)24)16-8-12(5-6-28-16)17-29-15(9-32-17)13-4-3-11(7-14(13)21)10-33(30,31)20(25,26)27/h3-9H,10H2,1-2H3. The summed E-state index contributed by atoms with van der Waals surface area (Å²) in [5, 5.41) is 1.94. The van der Waals surface area contributed by atoms with Crippen molar-refractivity contribution in [2.45, 2.75) is 36.7 Å². The van der Waals surface area contributed by atoms with Gasteiger partial charge in [0.25, 0.3) is 9.84 Å². The summed E-state index contributed by atoms with van der Waals surface area (Å²) in [6.07, 6.45) is -3.26. The Morgan fingerprint density at radius 1 is 1.03 bits per heavy atom. The molecule has 178 valence electrons. The maximum atomic E-state index is 13.4. The van der Waals surface area contributed by atoms with Crippen LogP contribution in [-0.4, -0.2) is 30.1 Å². The third-order valence-electron chi connectivity index (χ3n) is 4.88. The molecule has 3 aromatic rings. The fourth-order valence-corrected chi connectivity index (χ4v) is 4.64. The van der Waals surface area contributed by atoms with E-state index in [9.17, 15) is 34.8 Å². The van der Waals surface area contributed by atoms with Gasteiger partial charge in [0.2, 0.25) is 0 Å². The first-order chi connectivity index (χ1) is 15.0. The zero-order valence-corrected chi connectivity index (χ0v) is 19.3. The van der Waals surface area contributed by atoms with E-state index in [-0.39, 0.29) is 16.3 Å². The largest absolute Gasteiger partial charge is 0.497 e. The van der Waals surface area contributed by atoms with Crippen molar-refractivity contribution in [1.29, 1.82) is 0 Å². The summed E-state index contributed by atoms with van der Waals surface area (Å²) in [4.78, 5) is 8.21. The van der Waals surface area contributed by atoms with Crippen LogP contribution in [0.15, 0.2) is 41.9 Å². The summed E-state index contributed by atoms with van der Waals surface area (Å²) in [5.41, 5.74) is -6.83. The highest BCUT2D eigenvalue weighted by Gasteiger charge is 2.49. The van der Waals surface area contributed by atoms with Gasteiger partial charge in [-0.2, -0.15) is 26.3 Å². The van der Waals surface area contributed by atoms with Crippen LogP contribution in [-0.2, 0) is 21.0 Å². The van der Waals surface area contributed by atoms with Gasteiger partial charge in [-0.05, 0) is 37.6 Å². The van der Waals surface area contributed by atoms with Gasteiger partial charge in [0.15, 0.2) is 0 Å². The van der Waals surface area contributed by atoms with Crippen molar-refractivity contribution in [2.75, 3.05) is 0 Å². The maximum Gasteiger partial charge on any atom is 0.497 e. The molecule has 3 rings (SSSR count). The zero-order valence-electron chi connectivity index (χ0n) is 16.9. The van der Waals surface area contributed by atoms with Crippen molar-refractivity contribution in [3.8, 4) is 21.8 Å². The van der Waals surface area contributed by atoms with Crippen molar-refractivity contribution < 1.29 is 34.8 Å². The average Bonchev–Trinajstić information content (AvgIpc) is 3.16. The topological polar surface area (TPSA) is 59.9 Å². The van der Waals surface area contributed by atoms with E-state index in [1.54, 1.807) is 5.38 Å². The van der Waals surface area contributed by atoms with E-state index >= 15 is 0 Å². The van der Waals surface area contributed by atoms with E-state index in [1.807, 2.05) is 0 Å². The number of aromatic nitrogens is 2. The molecular weight excluding hydrogens is 514 g/mol. The Balaban J connectivity index is 1.91. The lowest BCUT2D eigenvalue weighted by Crippen LogP contribution is -2.37. The second kappa shape index (κ2) is 8.55. The van der Waals surface area contributed by atoms with Gasteiger partial charge in [-0.15, -0.1) is 11.3 Å². The first-order valence-electron chi connectivity index (χ1n) is 9.10. The monoisotopic (exact) mass is 528 g/mol. The van der Waals surface area contributed by atoms with Crippen molar-refractivity contribution in [2.24, 2.45) is 0 Å². The Hall–Kier alpha value is -2.18. The van der Waals surface area contributed by atoms with Crippen molar-refractivity contribution in [1.82, 2.24) is 9.97 Å². The molecule has 2 heterocycles. The molecule has 13 heteroatoms. The van der Waals surface area contributed by atoms with E-state index < -0.39 is 32.7 Å². The van der Waals surface area contributed by atoms with E-state index in [2.05, 4.69) is 9.97 Å². The number of thiazole rings is 1. The van der Waals surface area contributed by atoms with Gasteiger partial charge in [-0.1, -0.05) is 23.7 Å². The van der Waals surface area contributed by atoms with E-state index in [1.165, 1.54) is 30.5 Å². The third kappa shape index (κ3) is 5.17. The predicted molar refractivity (Wildman–Crippen MR) is 114 cm³/mol. The maximum absolute atomic E-state index is 13.4. The lowest BCUT2D eigenvalue weighted by Gasteiger charge is -2.27. The molecule has 0 saturated heterocycles. The molecule has 0 atom stereocenters. The van der Waals surface area contributed by atoms with Crippen LogP contribution in [0.25, 0.3) is 21.8 Å². The molecule has 33 heavy (non-hydrogen) atoms. The van der Waals surface area contributed by atoms with Gasteiger partial charge in [0, 0.05) is 22.7 Å². The van der Waals surface area contributed by atoms with Crippen LogP contribution >= 0.6 is 22.9 Å². The van der Waals surface area contributed by atoms with Crippen LogP contribution < -0.4 is 0 Å². The highest BCUT2D eigenvalue weighted by molar-refractivity contribution is 7.91. The van der Waals surface area contributed by atoms with Crippen LogP contribution in [0.2, 0.25) is 5.02 Å². The minimum atomic E-state index is -5.38. The molecule has 0 aliphatic carbocycles. The van der Waals surface area contributed by atoms with Gasteiger partial charge >= 0.3 is 11.7 Å². The van der Waals surface area contributed by atoms with Gasteiger partial charge in [-0.3, -0.25) is 4.98 Å². The van der Waals surface area contributed by atoms with E-state index in [4.69, 9.17) is 11.6 Å². The average molecular weight is 529 g/mol. The number of hydrogen-bond donors (Lipinski definition) is 0. The zero-order chi connectivity index (χ0) is 24.8. The Labute approximate surface area is 194 Å². The summed E-state index contributed by atoms with van der Waals surface area (Å²) in [5.74, 6) is -1.26. The SMILES string of the molecule is CC(C)(c1cc(-c2nc(-c3ccc(CS(=O)(=O)C(F)(F)F)cc3Cl)cs2)ccn1)C(F)(F)F. The van der Waals surface area contributed by atoms with Crippen molar-refractivity contribution in [3.63, 3.8) is 0 Å². The molecule has 0 amide bonds. The molecular formula is C20H15ClF6N2O2S2. The van der Waals surface area contributed by atoms with E-state index in [0.29, 0.717) is 21.8 Å². The first-order valence-corrected chi connectivity index (χ1v) is 12.0. The second-order valence-corrected chi connectivity index (χ2v) is 10.9. The summed E-state index contributed by atoms with van der Waals surface area (Å²) in [7, 11) is -5.36. The molecule has 0 aliphatic rings. The highest BCUT2D eigenvalue weighted by Crippen LogP contribution is 2.41. The minimum Gasteiger partial charge on any atom is -0.260 e. The Bertz CT molecular complexity index is 1280. The predicted octanol–water partition coefficient (Wildman–Crippen LogP) is 6.80. The number of halogens is 7. The first kappa shape index (κ1) is 25.4. The lowest BCUT2D eigenvalue weighted by molar-refractivity contribution is -0.181. The summed E-state index contributed by atoms with van der Waals surface area (Å²) in [6.45, 7) is 2.04. The summed E-state index contributed by atoms with van der Waals surface area (Å²) >= 11 is 7.28. The lowest BCUT2D eigenvalue weighted by atomic mass is 9.87.